The van der Waals surface area contributed by atoms with E-state index in [0.29, 0.717) is 22.5 Å². The number of aromatic nitrogens is 6. The van der Waals surface area contributed by atoms with Crippen LogP contribution < -0.4 is 0 Å². The summed E-state index contributed by atoms with van der Waals surface area (Å²) in [7, 11) is 0. The first-order valence-corrected chi connectivity index (χ1v) is 7.47. The number of H-pyrrole nitrogens is 1. The fourth-order valence-corrected chi connectivity index (χ4v) is 3.21. The highest BCUT2D eigenvalue weighted by Crippen LogP contribution is 2.26. The molecule has 6 nitrogen and oxygen atoms in total. The summed E-state index contributed by atoms with van der Waals surface area (Å²) in [6.45, 7) is -2.59. The Morgan fingerprint density at radius 2 is 2.14 bits per heavy atom. The number of halogens is 2. The second-order valence-corrected chi connectivity index (χ2v) is 5.53. The molecule has 112 valence electrons. The molecule has 1 N–H and O–H groups in total. The fourth-order valence-electron chi connectivity index (χ4n) is 2.30. The Kier molecular flexibility index (Phi) is 3.07. The van der Waals surface area contributed by atoms with Gasteiger partial charge in [-0.25, -0.2) is 15.1 Å². The van der Waals surface area contributed by atoms with Crippen molar-refractivity contribution in [3.63, 3.8) is 0 Å². The molecule has 22 heavy (non-hydrogen) atoms. The van der Waals surface area contributed by atoms with Crippen LogP contribution in [0.3, 0.4) is 0 Å². The van der Waals surface area contributed by atoms with Gasteiger partial charge in [0.05, 0.1) is 16.8 Å². The van der Waals surface area contributed by atoms with Gasteiger partial charge in [0.15, 0.2) is 5.16 Å². The molecule has 1 aromatic carbocycles. The van der Waals surface area contributed by atoms with Crippen molar-refractivity contribution in [3.05, 3.63) is 42.5 Å². The number of thioether (sulfide) groups is 1. The van der Waals surface area contributed by atoms with Crippen molar-refractivity contribution in [2.75, 3.05) is 0 Å². The second kappa shape index (κ2) is 5.09. The van der Waals surface area contributed by atoms with E-state index in [-0.39, 0.29) is 0 Å². The summed E-state index contributed by atoms with van der Waals surface area (Å²) in [4.78, 5) is 8.38. The molecule has 0 fully saturated rings. The SMILES string of the molecule is FC(F)n1ccnc1CSc1n[nH]c2nc3ccccc3n12. The van der Waals surface area contributed by atoms with Gasteiger partial charge in [0, 0.05) is 12.4 Å². The van der Waals surface area contributed by atoms with Crippen molar-refractivity contribution in [2.24, 2.45) is 0 Å². The van der Waals surface area contributed by atoms with Gasteiger partial charge in [-0.05, 0) is 12.1 Å². The van der Waals surface area contributed by atoms with Crippen molar-refractivity contribution < 1.29 is 8.78 Å². The number of nitrogens with zero attached hydrogens (tertiary/aromatic N) is 5. The van der Waals surface area contributed by atoms with E-state index in [1.807, 2.05) is 28.7 Å². The minimum Gasteiger partial charge on any atom is -0.277 e. The normalized spacial score (nSPS) is 12.0. The van der Waals surface area contributed by atoms with Crippen molar-refractivity contribution in [2.45, 2.75) is 17.5 Å². The van der Waals surface area contributed by atoms with Crippen molar-refractivity contribution in [3.8, 4) is 0 Å². The highest BCUT2D eigenvalue weighted by Gasteiger charge is 2.15. The third-order valence-corrected chi connectivity index (χ3v) is 4.23. The maximum Gasteiger partial charge on any atom is 0.319 e. The van der Waals surface area contributed by atoms with Crippen LogP contribution in [-0.4, -0.2) is 29.1 Å². The molecule has 0 spiro atoms. The van der Waals surface area contributed by atoms with Crippen molar-refractivity contribution >= 4 is 28.6 Å². The van der Waals surface area contributed by atoms with Crippen LogP contribution in [0.4, 0.5) is 8.78 Å². The Hall–Kier alpha value is -2.42. The molecule has 0 unspecified atom stereocenters. The van der Waals surface area contributed by atoms with E-state index < -0.39 is 6.55 Å². The summed E-state index contributed by atoms with van der Waals surface area (Å²) in [5.74, 6) is 1.23. The summed E-state index contributed by atoms with van der Waals surface area (Å²) in [6, 6.07) is 7.68. The van der Waals surface area contributed by atoms with E-state index in [4.69, 9.17) is 0 Å². The van der Waals surface area contributed by atoms with E-state index in [1.165, 1.54) is 24.2 Å². The first-order chi connectivity index (χ1) is 10.7. The maximum absolute atomic E-state index is 12.8. The number of hydrogen-bond donors (Lipinski definition) is 1. The van der Waals surface area contributed by atoms with Crippen LogP contribution in [0.15, 0.2) is 41.8 Å². The summed E-state index contributed by atoms with van der Waals surface area (Å²) in [5.41, 5.74) is 1.78. The van der Waals surface area contributed by atoms with Gasteiger partial charge in [0.1, 0.15) is 5.82 Å². The monoisotopic (exact) mass is 320 g/mol. The number of alkyl halides is 2. The van der Waals surface area contributed by atoms with Gasteiger partial charge in [-0.2, -0.15) is 8.78 Å². The number of benzene rings is 1. The zero-order valence-corrected chi connectivity index (χ0v) is 12.0. The summed E-state index contributed by atoms with van der Waals surface area (Å²) < 4.78 is 28.4. The Morgan fingerprint density at radius 3 is 3.00 bits per heavy atom. The average molecular weight is 320 g/mol. The third kappa shape index (κ3) is 2.05. The molecule has 0 aliphatic heterocycles. The molecule has 3 aromatic heterocycles. The lowest BCUT2D eigenvalue weighted by atomic mass is 10.3. The van der Waals surface area contributed by atoms with E-state index >= 15 is 0 Å². The molecule has 0 saturated heterocycles. The Balaban J connectivity index is 1.68. The topological polar surface area (TPSA) is 63.8 Å². The fraction of sp³-hybridized carbons (Fsp3) is 0.154. The highest BCUT2D eigenvalue weighted by molar-refractivity contribution is 7.98. The van der Waals surface area contributed by atoms with Crippen LogP contribution >= 0.6 is 11.8 Å². The lowest BCUT2D eigenvalue weighted by molar-refractivity contribution is 0.0678. The standard InChI is InChI=1S/C13H10F2N6S/c14-11(15)20-6-5-16-10(20)7-22-13-19-18-12-17-8-3-1-2-4-9(8)21(12)13/h1-6,11H,7H2,(H,17,18). The van der Waals surface area contributed by atoms with Gasteiger partial charge < -0.3 is 0 Å². The molecule has 0 aliphatic carbocycles. The summed E-state index contributed by atoms with van der Waals surface area (Å²) in [6.07, 6.45) is 2.64. The van der Waals surface area contributed by atoms with E-state index in [9.17, 15) is 8.78 Å². The first-order valence-electron chi connectivity index (χ1n) is 6.48. The zero-order valence-electron chi connectivity index (χ0n) is 11.1. The zero-order chi connectivity index (χ0) is 15.1. The minimum absolute atomic E-state index is 0.295. The van der Waals surface area contributed by atoms with Crippen LogP contribution in [0.1, 0.15) is 12.4 Å². The van der Waals surface area contributed by atoms with Gasteiger partial charge in [-0.15, -0.1) is 5.10 Å². The van der Waals surface area contributed by atoms with Gasteiger partial charge in [-0.1, -0.05) is 23.9 Å². The molecule has 0 aliphatic rings. The number of para-hydroxylation sites is 2. The average Bonchev–Trinajstić information content (AvgIpc) is 3.20. The summed E-state index contributed by atoms with van der Waals surface area (Å²) in [5, 5.41) is 7.70. The Morgan fingerprint density at radius 1 is 1.27 bits per heavy atom. The van der Waals surface area contributed by atoms with Crippen molar-refractivity contribution in [1.29, 1.82) is 0 Å². The molecular weight excluding hydrogens is 310 g/mol. The summed E-state index contributed by atoms with van der Waals surface area (Å²) >= 11 is 1.33. The molecule has 0 bridgehead atoms. The van der Waals surface area contributed by atoms with Crippen LogP contribution in [0, 0.1) is 0 Å². The largest absolute Gasteiger partial charge is 0.319 e. The molecule has 0 atom stereocenters. The molecular formula is C13H10F2N6S. The molecule has 0 amide bonds. The number of rotatable bonds is 4. The molecule has 3 heterocycles. The Bertz CT molecular complexity index is 940. The van der Waals surface area contributed by atoms with Crippen LogP contribution in [-0.2, 0) is 5.75 Å². The molecule has 4 aromatic rings. The minimum atomic E-state index is -2.59. The maximum atomic E-state index is 12.8. The predicted octanol–water partition coefficient (Wildman–Crippen LogP) is 3.09. The van der Waals surface area contributed by atoms with E-state index in [1.54, 1.807) is 0 Å². The predicted molar refractivity (Wildman–Crippen MR) is 77.9 cm³/mol. The number of hydrogen-bond acceptors (Lipinski definition) is 4. The smallest absolute Gasteiger partial charge is 0.277 e. The molecule has 0 saturated carbocycles. The quantitative estimate of drug-likeness (QED) is 0.587. The lowest BCUT2D eigenvalue weighted by Gasteiger charge is -2.05. The van der Waals surface area contributed by atoms with Crippen LogP contribution in [0.25, 0.3) is 16.8 Å². The van der Waals surface area contributed by atoms with Crippen LogP contribution in [0.5, 0.6) is 0 Å². The number of aromatic amines is 1. The first kappa shape index (κ1) is 13.3. The molecule has 4 rings (SSSR count). The van der Waals surface area contributed by atoms with Gasteiger partial charge in [-0.3, -0.25) is 8.97 Å². The van der Waals surface area contributed by atoms with E-state index in [0.717, 1.165) is 15.6 Å². The lowest BCUT2D eigenvalue weighted by Crippen LogP contribution is -2.02. The van der Waals surface area contributed by atoms with Crippen molar-refractivity contribution in [1.82, 2.24) is 29.1 Å². The van der Waals surface area contributed by atoms with Gasteiger partial charge in [0.2, 0.25) is 5.78 Å². The molecule has 9 heteroatoms. The van der Waals surface area contributed by atoms with Crippen LogP contribution in [0.2, 0.25) is 0 Å². The van der Waals surface area contributed by atoms with Gasteiger partial charge in [0.25, 0.3) is 0 Å². The number of fused-ring (bicyclic) bond motifs is 3. The Labute approximate surface area is 127 Å². The third-order valence-electron chi connectivity index (χ3n) is 3.29. The van der Waals surface area contributed by atoms with E-state index in [2.05, 4.69) is 20.2 Å². The number of nitrogens with one attached hydrogen (secondary N) is 1. The second-order valence-electron chi connectivity index (χ2n) is 4.58. The number of imidazole rings is 2. The highest BCUT2D eigenvalue weighted by atomic mass is 32.2. The molecule has 0 radical (unpaired) electrons. The van der Waals surface area contributed by atoms with Gasteiger partial charge >= 0.3 is 6.55 Å².